The number of carbonyl (C=O) groups is 2. The normalized spacial score (nSPS) is 10.5. The first-order valence-electron chi connectivity index (χ1n) is 9.98. The number of aromatic carboxylic acids is 1. The van der Waals surface area contributed by atoms with Crippen molar-refractivity contribution >= 4 is 11.8 Å². The molecule has 0 aliphatic rings. The maximum Gasteiger partial charge on any atom is 0.339 e. The fourth-order valence-corrected chi connectivity index (χ4v) is 3.47. The highest BCUT2D eigenvalue weighted by atomic mass is 16.5. The van der Waals surface area contributed by atoms with Gasteiger partial charge in [0, 0.05) is 41.6 Å². The number of Topliss-reactive ketones (excluding diaryl/α,β-unsaturated/α-hetero) is 1. The zero-order chi connectivity index (χ0) is 23.3. The number of hydrogen-bond donors (Lipinski definition) is 2. The van der Waals surface area contributed by atoms with Crippen LogP contribution in [0, 0.1) is 0 Å². The van der Waals surface area contributed by atoms with E-state index in [0.29, 0.717) is 23.3 Å². The molecule has 0 amide bonds. The van der Waals surface area contributed by atoms with Crippen LogP contribution in [0.15, 0.2) is 60.7 Å². The van der Waals surface area contributed by atoms with Gasteiger partial charge < -0.3 is 14.9 Å². The average Bonchev–Trinajstić information content (AvgIpc) is 2.78. The summed E-state index contributed by atoms with van der Waals surface area (Å²) >= 11 is 0. The van der Waals surface area contributed by atoms with E-state index in [-0.39, 0.29) is 23.3 Å². The van der Waals surface area contributed by atoms with Gasteiger partial charge in [0.2, 0.25) is 0 Å². The Bertz CT molecular complexity index is 1180. The lowest BCUT2D eigenvalue weighted by molar-refractivity contribution is 0.0692. The predicted molar refractivity (Wildman–Crippen MR) is 120 cm³/mol. The minimum atomic E-state index is -1.30. The number of aromatic hydroxyl groups is 1. The standard InChI is InChI=1S/C25H24N2O5/c1-15(2)7-8-19-20(24(25(30)31)22(29)11-23(19)32-3)10-21(28)17-6-4-5-16(9-17)18-12-26-14-27-13-18/h4-7,9,11-14,29H,8,10H2,1-3H3,(H,30,31). The summed E-state index contributed by atoms with van der Waals surface area (Å²) in [5.41, 5.74) is 3.49. The van der Waals surface area contributed by atoms with Gasteiger partial charge in [0.15, 0.2) is 5.78 Å². The van der Waals surface area contributed by atoms with Gasteiger partial charge in [-0.1, -0.05) is 29.8 Å². The second-order valence-electron chi connectivity index (χ2n) is 7.53. The fraction of sp³-hybridized carbons (Fsp3) is 0.200. The maximum absolute atomic E-state index is 13.2. The van der Waals surface area contributed by atoms with Crippen LogP contribution in [0.2, 0.25) is 0 Å². The molecule has 0 unspecified atom stereocenters. The van der Waals surface area contributed by atoms with Crippen LogP contribution >= 0.6 is 0 Å². The summed E-state index contributed by atoms with van der Waals surface area (Å²) in [5.74, 6) is -1.69. The van der Waals surface area contributed by atoms with E-state index < -0.39 is 11.7 Å². The minimum absolute atomic E-state index is 0.201. The molecule has 7 heteroatoms. The molecule has 0 fully saturated rings. The van der Waals surface area contributed by atoms with Crippen molar-refractivity contribution in [3.05, 3.63) is 83.0 Å². The molecule has 0 bridgehead atoms. The first-order chi connectivity index (χ1) is 15.3. The lowest BCUT2D eigenvalue weighted by Crippen LogP contribution is -2.13. The number of rotatable bonds is 8. The Morgan fingerprint density at radius 2 is 1.78 bits per heavy atom. The number of allylic oxidation sites excluding steroid dienone is 2. The lowest BCUT2D eigenvalue weighted by Gasteiger charge is -2.17. The summed E-state index contributed by atoms with van der Waals surface area (Å²) in [7, 11) is 1.44. The topological polar surface area (TPSA) is 110 Å². The first-order valence-corrected chi connectivity index (χ1v) is 9.98. The van der Waals surface area contributed by atoms with Crippen molar-refractivity contribution in [2.75, 3.05) is 7.11 Å². The molecule has 0 saturated carbocycles. The molecule has 1 heterocycles. The number of benzene rings is 2. The second kappa shape index (κ2) is 9.87. The second-order valence-corrected chi connectivity index (χ2v) is 7.53. The molecule has 0 atom stereocenters. The SMILES string of the molecule is COc1cc(O)c(C(=O)O)c(CC(=O)c2cccc(-c3cncnc3)c2)c1CC=C(C)C. The van der Waals surface area contributed by atoms with E-state index in [0.717, 1.165) is 16.7 Å². The fourth-order valence-electron chi connectivity index (χ4n) is 3.47. The molecule has 3 aromatic rings. The van der Waals surface area contributed by atoms with Gasteiger partial charge in [-0.25, -0.2) is 14.8 Å². The van der Waals surface area contributed by atoms with Crippen LogP contribution in [0.3, 0.4) is 0 Å². The molecule has 164 valence electrons. The zero-order valence-corrected chi connectivity index (χ0v) is 18.1. The summed E-state index contributed by atoms with van der Waals surface area (Å²) in [5, 5.41) is 20.1. The Morgan fingerprint density at radius 3 is 2.41 bits per heavy atom. The van der Waals surface area contributed by atoms with Crippen molar-refractivity contribution in [2.24, 2.45) is 0 Å². The number of carbonyl (C=O) groups excluding carboxylic acids is 1. The third-order valence-electron chi connectivity index (χ3n) is 5.05. The monoisotopic (exact) mass is 432 g/mol. The molecule has 0 saturated heterocycles. The van der Waals surface area contributed by atoms with Gasteiger partial charge in [0.25, 0.3) is 0 Å². The molecule has 0 spiro atoms. The van der Waals surface area contributed by atoms with Gasteiger partial charge in [0.1, 0.15) is 23.4 Å². The summed E-state index contributed by atoms with van der Waals surface area (Å²) < 4.78 is 5.39. The van der Waals surface area contributed by atoms with E-state index in [1.807, 2.05) is 26.0 Å². The molecule has 0 aliphatic heterocycles. The highest BCUT2D eigenvalue weighted by Crippen LogP contribution is 2.35. The lowest BCUT2D eigenvalue weighted by atomic mass is 9.90. The molecule has 3 rings (SSSR count). The Balaban J connectivity index is 2.07. The van der Waals surface area contributed by atoms with Crippen LogP contribution in [0.25, 0.3) is 11.1 Å². The van der Waals surface area contributed by atoms with Crippen molar-refractivity contribution in [1.29, 1.82) is 0 Å². The molecular weight excluding hydrogens is 408 g/mol. The minimum Gasteiger partial charge on any atom is -0.507 e. The van der Waals surface area contributed by atoms with Crippen LogP contribution in [0.5, 0.6) is 11.5 Å². The molecule has 32 heavy (non-hydrogen) atoms. The van der Waals surface area contributed by atoms with Crippen LogP contribution in [-0.4, -0.2) is 39.0 Å². The van der Waals surface area contributed by atoms with Gasteiger partial charge in [-0.05, 0) is 37.5 Å². The van der Waals surface area contributed by atoms with Crippen LogP contribution in [0.4, 0.5) is 0 Å². The quantitative estimate of drug-likeness (QED) is 0.399. The summed E-state index contributed by atoms with van der Waals surface area (Å²) in [6.07, 6.45) is 6.82. The van der Waals surface area contributed by atoms with E-state index >= 15 is 0 Å². The van der Waals surface area contributed by atoms with E-state index in [2.05, 4.69) is 9.97 Å². The first kappa shape index (κ1) is 22.7. The third-order valence-corrected chi connectivity index (χ3v) is 5.05. The van der Waals surface area contributed by atoms with Crippen molar-refractivity contribution in [1.82, 2.24) is 9.97 Å². The van der Waals surface area contributed by atoms with Crippen molar-refractivity contribution in [3.63, 3.8) is 0 Å². The maximum atomic E-state index is 13.2. The summed E-state index contributed by atoms with van der Waals surface area (Å²) in [6.45, 7) is 3.85. The summed E-state index contributed by atoms with van der Waals surface area (Å²) in [6, 6.07) is 8.27. The van der Waals surface area contributed by atoms with E-state index in [9.17, 15) is 19.8 Å². The number of aromatic nitrogens is 2. The van der Waals surface area contributed by atoms with Crippen molar-refractivity contribution in [2.45, 2.75) is 26.7 Å². The molecule has 1 aromatic heterocycles. The van der Waals surface area contributed by atoms with E-state index in [1.54, 1.807) is 30.6 Å². The summed E-state index contributed by atoms with van der Waals surface area (Å²) in [4.78, 5) is 33.2. The number of methoxy groups -OCH3 is 1. The van der Waals surface area contributed by atoms with Gasteiger partial charge in [-0.3, -0.25) is 4.79 Å². The number of ether oxygens (including phenoxy) is 1. The number of hydrogen-bond acceptors (Lipinski definition) is 6. The van der Waals surface area contributed by atoms with Crippen LogP contribution in [-0.2, 0) is 12.8 Å². The van der Waals surface area contributed by atoms with Crippen molar-refractivity contribution in [3.8, 4) is 22.6 Å². The Morgan fingerprint density at radius 1 is 1.06 bits per heavy atom. The van der Waals surface area contributed by atoms with Gasteiger partial charge in [-0.15, -0.1) is 0 Å². The van der Waals surface area contributed by atoms with Crippen LogP contribution < -0.4 is 4.74 Å². The third kappa shape index (κ3) is 5.00. The number of carboxylic acid groups (broad SMARTS) is 1. The van der Waals surface area contributed by atoms with E-state index in [4.69, 9.17) is 4.74 Å². The van der Waals surface area contributed by atoms with Crippen molar-refractivity contribution < 1.29 is 24.5 Å². The van der Waals surface area contributed by atoms with Gasteiger partial charge in [-0.2, -0.15) is 0 Å². The van der Waals surface area contributed by atoms with E-state index in [1.165, 1.54) is 19.5 Å². The highest BCUT2D eigenvalue weighted by Gasteiger charge is 2.25. The van der Waals surface area contributed by atoms with Crippen LogP contribution in [0.1, 0.15) is 45.7 Å². The Labute approximate surface area is 186 Å². The average molecular weight is 432 g/mol. The zero-order valence-electron chi connectivity index (χ0n) is 18.1. The van der Waals surface area contributed by atoms with Gasteiger partial charge >= 0.3 is 5.97 Å². The smallest absolute Gasteiger partial charge is 0.339 e. The molecule has 0 aliphatic carbocycles. The molecule has 2 aromatic carbocycles. The highest BCUT2D eigenvalue weighted by molar-refractivity contribution is 6.02. The number of phenols is 1. The molecule has 7 nitrogen and oxygen atoms in total. The molecular formula is C25H24N2O5. The number of ketones is 1. The largest absolute Gasteiger partial charge is 0.507 e. The Hall–Kier alpha value is -4.00. The molecule has 2 N–H and O–H groups in total. The number of nitrogens with zero attached hydrogens (tertiary/aromatic N) is 2. The predicted octanol–water partition coefficient (Wildman–Crippen LogP) is 4.49. The number of carboxylic acids is 1. The Kier molecular flexibility index (Phi) is 7.00. The molecule has 0 radical (unpaired) electrons. The van der Waals surface area contributed by atoms with Gasteiger partial charge in [0.05, 0.1) is 7.11 Å².